The van der Waals surface area contributed by atoms with E-state index < -0.39 is 10.0 Å². The largest absolute Gasteiger partial charge is 0.339 e. The maximum absolute atomic E-state index is 13.0. The lowest BCUT2D eigenvalue weighted by Crippen LogP contribution is -2.46. The van der Waals surface area contributed by atoms with Gasteiger partial charge in [0.2, 0.25) is 0 Å². The van der Waals surface area contributed by atoms with E-state index in [1.807, 2.05) is 37.5 Å². The quantitative estimate of drug-likeness (QED) is 0.534. The van der Waals surface area contributed by atoms with Gasteiger partial charge in [-0.2, -0.15) is 0 Å². The SMILES string of the molecule is CN(C(=O)c1ccc(S(=O)(=O)Nc2ccccc2)cc1)C1CCN(CCc2ccccn2)CC1. The zero-order valence-corrected chi connectivity index (χ0v) is 20.1. The van der Waals surface area contributed by atoms with Crippen molar-refractivity contribution in [2.45, 2.75) is 30.2 Å². The molecule has 0 atom stereocenters. The van der Waals surface area contributed by atoms with E-state index in [1.54, 1.807) is 41.3 Å². The number of carbonyl (C=O) groups excluding carboxylic acids is 1. The van der Waals surface area contributed by atoms with E-state index in [-0.39, 0.29) is 16.8 Å². The number of amides is 1. The molecule has 2 aromatic carbocycles. The molecule has 0 radical (unpaired) electrons. The van der Waals surface area contributed by atoms with E-state index in [0.717, 1.165) is 44.6 Å². The Morgan fingerprint density at radius 1 is 1.00 bits per heavy atom. The molecule has 1 aliphatic heterocycles. The Morgan fingerprint density at radius 3 is 2.32 bits per heavy atom. The van der Waals surface area contributed by atoms with Gasteiger partial charge in [-0.25, -0.2) is 8.42 Å². The Morgan fingerprint density at radius 2 is 1.68 bits per heavy atom. The minimum absolute atomic E-state index is 0.0908. The van der Waals surface area contributed by atoms with E-state index in [2.05, 4.69) is 14.6 Å². The molecule has 178 valence electrons. The molecule has 1 aliphatic rings. The molecule has 0 saturated carbocycles. The first-order valence-corrected chi connectivity index (χ1v) is 13.0. The molecular formula is C26H30N4O3S. The third-order valence-electron chi connectivity index (χ3n) is 6.27. The van der Waals surface area contributed by atoms with Crippen LogP contribution in [0.1, 0.15) is 28.9 Å². The van der Waals surface area contributed by atoms with Crippen LogP contribution in [0.15, 0.2) is 83.9 Å². The first-order chi connectivity index (χ1) is 16.4. The van der Waals surface area contributed by atoms with E-state index >= 15 is 0 Å². The summed E-state index contributed by atoms with van der Waals surface area (Å²) >= 11 is 0. The smallest absolute Gasteiger partial charge is 0.261 e. The number of nitrogens with one attached hydrogen (secondary N) is 1. The van der Waals surface area contributed by atoms with Crippen molar-refractivity contribution in [3.8, 4) is 0 Å². The van der Waals surface area contributed by atoms with Crippen LogP contribution in [0.4, 0.5) is 5.69 Å². The Hall–Kier alpha value is -3.23. The Labute approximate surface area is 201 Å². The standard InChI is InChI=1S/C26H30N4O3S/c1-29(24-15-19-30(20-16-24)18-14-22-7-5-6-17-27-22)26(31)21-10-12-25(13-11-21)34(32,33)28-23-8-3-2-4-9-23/h2-13,17,24,28H,14-16,18-20H2,1H3. The number of para-hydroxylation sites is 1. The summed E-state index contributed by atoms with van der Waals surface area (Å²) in [5.41, 5.74) is 2.08. The van der Waals surface area contributed by atoms with Gasteiger partial charge < -0.3 is 9.80 Å². The molecule has 1 saturated heterocycles. The fourth-order valence-corrected chi connectivity index (χ4v) is 5.27. The van der Waals surface area contributed by atoms with Crippen molar-refractivity contribution >= 4 is 21.6 Å². The van der Waals surface area contributed by atoms with Crippen molar-refractivity contribution in [3.05, 3.63) is 90.3 Å². The topological polar surface area (TPSA) is 82.6 Å². The minimum Gasteiger partial charge on any atom is -0.339 e. The molecule has 7 nitrogen and oxygen atoms in total. The van der Waals surface area contributed by atoms with Gasteiger partial charge in [-0.1, -0.05) is 24.3 Å². The molecule has 2 heterocycles. The van der Waals surface area contributed by atoms with Crippen LogP contribution >= 0.6 is 0 Å². The average molecular weight is 479 g/mol. The fraction of sp³-hybridized carbons (Fsp3) is 0.308. The highest BCUT2D eigenvalue weighted by Crippen LogP contribution is 2.20. The van der Waals surface area contributed by atoms with Gasteiger partial charge in [0.1, 0.15) is 0 Å². The summed E-state index contributed by atoms with van der Waals surface area (Å²) < 4.78 is 27.8. The molecule has 1 amide bonds. The van der Waals surface area contributed by atoms with Crippen LogP contribution in [0.3, 0.4) is 0 Å². The van der Waals surface area contributed by atoms with Crippen LogP contribution in [-0.4, -0.2) is 61.8 Å². The second-order valence-corrected chi connectivity index (χ2v) is 10.2. The fourth-order valence-electron chi connectivity index (χ4n) is 4.22. The first kappa shape index (κ1) is 23.9. The van der Waals surface area contributed by atoms with Crippen LogP contribution in [0, 0.1) is 0 Å². The summed E-state index contributed by atoms with van der Waals surface area (Å²) in [5, 5.41) is 0. The maximum Gasteiger partial charge on any atom is 0.261 e. The maximum atomic E-state index is 13.0. The lowest BCUT2D eigenvalue weighted by molar-refractivity contribution is 0.0643. The summed E-state index contributed by atoms with van der Waals surface area (Å²) in [6.07, 6.45) is 4.58. The molecule has 3 aromatic rings. The van der Waals surface area contributed by atoms with Crippen molar-refractivity contribution in [1.82, 2.24) is 14.8 Å². The normalized spacial score (nSPS) is 15.1. The van der Waals surface area contributed by atoms with E-state index in [0.29, 0.717) is 11.3 Å². The molecule has 0 spiro atoms. The van der Waals surface area contributed by atoms with Crippen LogP contribution < -0.4 is 4.72 Å². The minimum atomic E-state index is -3.71. The summed E-state index contributed by atoms with van der Waals surface area (Å²) in [7, 11) is -1.88. The van der Waals surface area contributed by atoms with Gasteiger partial charge in [0.15, 0.2) is 0 Å². The van der Waals surface area contributed by atoms with Crippen molar-refractivity contribution in [3.63, 3.8) is 0 Å². The highest BCUT2D eigenvalue weighted by Gasteiger charge is 2.26. The summed E-state index contributed by atoms with van der Waals surface area (Å²) in [4.78, 5) is 21.7. The van der Waals surface area contributed by atoms with Crippen molar-refractivity contribution < 1.29 is 13.2 Å². The summed E-state index contributed by atoms with van der Waals surface area (Å²) in [6.45, 7) is 2.85. The monoisotopic (exact) mass is 478 g/mol. The van der Waals surface area contributed by atoms with E-state index in [9.17, 15) is 13.2 Å². The number of hydrogen-bond donors (Lipinski definition) is 1. The van der Waals surface area contributed by atoms with Gasteiger partial charge in [-0.15, -0.1) is 0 Å². The highest BCUT2D eigenvalue weighted by atomic mass is 32.2. The molecule has 34 heavy (non-hydrogen) atoms. The highest BCUT2D eigenvalue weighted by molar-refractivity contribution is 7.92. The second-order valence-electron chi connectivity index (χ2n) is 8.56. The third kappa shape index (κ3) is 6.01. The van der Waals surface area contributed by atoms with Crippen LogP contribution in [0.25, 0.3) is 0 Å². The zero-order chi connectivity index (χ0) is 24.0. The average Bonchev–Trinajstić information content (AvgIpc) is 2.88. The number of sulfonamides is 1. The van der Waals surface area contributed by atoms with Gasteiger partial charge in [0.25, 0.3) is 15.9 Å². The number of nitrogens with zero attached hydrogens (tertiary/aromatic N) is 3. The molecule has 4 rings (SSSR count). The number of aromatic nitrogens is 1. The second kappa shape index (κ2) is 10.8. The lowest BCUT2D eigenvalue weighted by Gasteiger charge is -2.36. The van der Waals surface area contributed by atoms with Gasteiger partial charge in [0.05, 0.1) is 4.90 Å². The molecule has 8 heteroatoms. The molecule has 0 unspecified atom stereocenters. The number of piperidine rings is 1. The number of benzene rings is 2. The molecular weight excluding hydrogens is 448 g/mol. The van der Waals surface area contributed by atoms with Crippen LogP contribution in [-0.2, 0) is 16.4 Å². The van der Waals surface area contributed by atoms with E-state index in [4.69, 9.17) is 0 Å². The number of likely N-dealkylation sites (tertiary alicyclic amines) is 1. The van der Waals surface area contributed by atoms with Crippen LogP contribution in [0.2, 0.25) is 0 Å². The first-order valence-electron chi connectivity index (χ1n) is 11.5. The van der Waals surface area contributed by atoms with Gasteiger partial charge in [-0.3, -0.25) is 14.5 Å². The van der Waals surface area contributed by atoms with E-state index in [1.165, 1.54) is 12.1 Å². The number of carbonyl (C=O) groups is 1. The van der Waals surface area contributed by atoms with Crippen molar-refractivity contribution in [1.29, 1.82) is 0 Å². The molecule has 1 fully saturated rings. The molecule has 0 aliphatic carbocycles. The third-order valence-corrected chi connectivity index (χ3v) is 7.67. The molecule has 1 aromatic heterocycles. The van der Waals surface area contributed by atoms with Crippen LogP contribution in [0.5, 0.6) is 0 Å². The zero-order valence-electron chi connectivity index (χ0n) is 19.3. The predicted molar refractivity (Wildman–Crippen MR) is 133 cm³/mol. The summed E-state index contributed by atoms with van der Waals surface area (Å²) in [6, 6.07) is 21.0. The molecule has 0 bridgehead atoms. The van der Waals surface area contributed by atoms with Crippen molar-refractivity contribution in [2.24, 2.45) is 0 Å². The number of hydrogen-bond acceptors (Lipinski definition) is 5. The Bertz CT molecular complexity index is 1180. The number of rotatable bonds is 8. The lowest BCUT2D eigenvalue weighted by atomic mass is 10.0. The molecule has 1 N–H and O–H groups in total. The predicted octanol–water partition coefficient (Wildman–Crippen LogP) is 3.66. The van der Waals surface area contributed by atoms with Crippen molar-refractivity contribution in [2.75, 3.05) is 31.4 Å². The van der Waals surface area contributed by atoms with Gasteiger partial charge in [-0.05, 0) is 61.4 Å². The Balaban J connectivity index is 1.30. The number of anilines is 1. The number of pyridine rings is 1. The summed E-state index contributed by atoms with van der Waals surface area (Å²) in [5.74, 6) is -0.0908. The van der Waals surface area contributed by atoms with Gasteiger partial charge in [0, 0.05) is 62.3 Å². The Kier molecular flexibility index (Phi) is 7.59. The van der Waals surface area contributed by atoms with Gasteiger partial charge >= 0.3 is 0 Å².